The zero-order valence-corrected chi connectivity index (χ0v) is 10.3. The van der Waals surface area contributed by atoms with Gasteiger partial charge in [0, 0.05) is 5.33 Å². The van der Waals surface area contributed by atoms with Crippen LogP contribution in [0.1, 0.15) is 24.8 Å². The lowest BCUT2D eigenvalue weighted by atomic mass is 9.74. The highest BCUT2D eigenvalue weighted by Gasteiger charge is 2.26. The van der Waals surface area contributed by atoms with E-state index >= 15 is 0 Å². The third kappa shape index (κ3) is 2.81. The van der Waals surface area contributed by atoms with Crippen LogP contribution in [0.2, 0.25) is 0 Å². The third-order valence-corrected chi connectivity index (χ3v) is 4.26. The van der Waals surface area contributed by atoms with Crippen molar-refractivity contribution >= 4 is 15.9 Å². The number of rotatable bonds is 4. The third-order valence-electron chi connectivity index (χ3n) is 3.43. The van der Waals surface area contributed by atoms with E-state index in [9.17, 15) is 4.39 Å². The highest BCUT2D eigenvalue weighted by molar-refractivity contribution is 9.09. The predicted octanol–water partition coefficient (Wildman–Crippen LogP) is 4.18. The molecule has 0 heterocycles. The van der Waals surface area contributed by atoms with Gasteiger partial charge in [-0.05, 0) is 36.0 Å². The van der Waals surface area contributed by atoms with Crippen molar-refractivity contribution in [3.8, 4) is 0 Å². The van der Waals surface area contributed by atoms with Crippen LogP contribution in [0.15, 0.2) is 24.3 Å². The van der Waals surface area contributed by atoms with Crippen LogP contribution in [0.3, 0.4) is 0 Å². The van der Waals surface area contributed by atoms with E-state index in [1.807, 2.05) is 12.1 Å². The van der Waals surface area contributed by atoms with Gasteiger partial charge < -0.3 is 0 Å². The Labute approximate surface area is 99.0 Å². The van der Waals surface area contributed by atoms with Crippen molar-refractivity contribution < 1.29 is 4.39 Å². The van der Waals surface area contributed by atoms with Crippen LogP contribution in [0, 0.1) is 17.7 Å². The van der Waals surface area contributed by atoms with Crippen LogP contribution in [0.4, 0.5) is 4.39 Å². The van der Waals surface area contributed by atoms with Crippen molar-refractivity contribution in [2.75, 3.05) is 5.33 Å². The number of benzene rings is 1. The normalized spacial score (nSPS) is 18.5. The quantitative estimate of drug-likeness (QED) is 0.721. The molecule has 1 unspecified atom stereocenters. The van der Waals surface area contributed by atoms with Gasteiger partial charge in [0.1, 0.15) is 5.82 Å². The van der Waals surface area contributed by atoms with Crippen molar-refractivity contribution in [3.05, 3.63) is 35.6 Å². The maximum atomic E-state index is 12.7. The molecule has 0 radical (unpaired) electrons. The first kappa shape index (κ1) is 11.1. The average Bonchev–Trinajstić information content (AvgIpc) is 2.17. The van der Waals surface area contributed by atoms with E-state index in [-0.39, 0.29) is 5.82 Å². The van der Waals surface area contributed by atoms with E-state index in [0.717, 1.165) is 23.6 Å². The Morgan fingerprint density at radius 1 is 1.27 bits per heavy atom. The molecule has 82 valence electrons. The smallest absolute Gasteiger partial charge is 0.123 e. The molecule has 0 bridgehead atoms. The molecule has 0 nitrogen and oxygen atoms in total. The zero-order valence-electron chi connectivity index (χ0n) is 8.76. The summed E-state index contributed by atoms with van der Waals surface area (Å²) < 4.78 is 12.7. The summed E-state index contributed by atoms with van der Waals surface area (Å²) in [6.07, 6.45) is 5.21. The predicted molar refractivity (Wildman–Crippen MR) is 64.7 cm³/mol. The monoisotopic (exact) mass is 270 g/mol. The molecule has 0 saturated heterocycles. The van der Waals surface area contributed by atoms with E-state index in [4.69, 9.17) is 0 Å². The number of hydrogen-bond acceptors (Lipinski definition) is 0. The van der Waals surface area contributed by atoms with Gasteiger partial charge in [-0.3, -0.25) is 0 Å². The number of alkyl halides is 1. The van der Waals surface area contributed by atoms with Gasteiger partial charge in [0.15, 0.2) is 0 Å². The minimum atomic E-state index is -0.141. The molecule has 1 aromatic carbocycles. The number of hydrogen-bond donors (Lipinski definition) is 0. The van der Waals surface area contributed by atoms with E-state index < -0.39 is 0 Å². The minimum Gasteiger partial charge on any atom is -0.207 e. The minimum absolute atomic E-state index is 0.141. The van der Waals surface area contributed by atoms with E-state index in [1.165, 1.54) is 24.8 Å². The Morgan fingerprint density at radius 3 is 2.40 bits per heavy atom. The molecule has 15 heavy (non-hydrogen) atoms. The molecule has 1 fully saturated rings. The van der Waals surface area contributed by atoms with Crippen molar-refractivity contribution in [3.63, 3.8) is 0 Å². The summed E-state index contributed by atoms with van der Waals surface area (Å²) in [6, 6.07) is 6.93. The summed E-state index contributed by atoms with van der Waals surface area (Å²) in [5.74, 6) is 1.47. The molecule has 2 rings (SSSR count). The maximum Gasteiger partial charge on any atom is 0.123 e. The fraction of sp³-hybridized carbons (Fsp3) is 0.538. The summed E-state index contributed by atoms with van der Waals surface area (Å²) in [5.41, 5.74) is 1.26. The van der Waals surface area contributed by atoms with Gasteiger partial charge in [0.2, 0.25) is 0 Å². The lowest BCUT2D eigenvalue weighted by molar-refractivity contribution is 0.224. The summed E-state index contributed by atoms with van der Waals surface area (Å²) >= 11 is 3.59. The maximum absolute atomic E-state index is 12.7. The van der Waals surface area contributed by atoms with Gasteiger partial charge in [-0.2, -0.15) is 0 Å². The van der Waals surface area contributed by atoms with Gasteiger partial charge in [0.05, 0.1) is 0 Å². The summed E-state index contributed by atoms with van der Waals surface area (Å²) in [4.78, 5) is 0. The second-order valence-electron chi connectivity index (χ2n) is 4.44. The van der Waals surface area contributed by atoms with E-state index in [2.05, 4.69) is 15.9 Å². The van der Waals surface area contributed by atoms with Gasteiger partial charge in [-0.25, -0.2) is 4.39 Å². The molecule has 1 atom stereocenters. The molecule has 1 saturated carbocycles. The molecule has 0 aliphatic heterocycles. The van der Waals surface area contributed by atoms with E-state index in [0.29, 0.717) is 0 Å². The Balaban J connectivity index is 1.96. The van der Waals surface area contributed by atoms with Crippen LogP contribution in [0.5, 0.6) is 0 Å². The topological polar surface area (TPSA) is 0 Å². The molecule has 0 aromatic heterocycles. The second-order valence-corrected chi connectivity index (χ2v) is 5.08. The fourth-order valence-electron chi connectivity index (χ4n) is 2.18. The van der Waals surface area contributed by atoms with Crippen molar-refractivity contribution in [1.29, 1.82) is 0 Å². The Hall–Kier alpha value is -0.370. The Bertz CT molecular complexity index is 303. The van der Waals surface area contributed by atoms with Gasteiger partial charge >= 0.3 is 0 Å². The SMILES string of the molecule is Fc1ccc(CC(CBr)C2CCC2)cc1. The first-order valence-electron chi connectivity index (χ1n) is 5.60. The van der Waals surface area contributed by atoms with Gasteiger partial charge in [-0.1, -0.05) is 47.3 Å². The van der Waals surface area contributed by atoms with Gasteiger partial charge in [-0.15, -0.1) is 0 Å². The van der Waals surface area contributed by atoms with E-state index in [1.54, 1.807) is 12.1 Å². The Morgan fingerprint density at radius 2 is 1.93 bits per heavy atom. The van der Waals surface area contributed by atoms with Crippen LogP contribution >= 0.6 is 15.9 Å². The van der Waals surface area contributed by atoms with Crippen molar-refractivity contribution in [2.24, 2.45) is 11.8 Å². The standard InChI is InChI=1S/C13H16BrF/c14-9-12(11-2-1-3-11)8-10-4-6-13(15)7-5-10/h4-7,11-12H,1-3,8-9H2. The number of halogens is 2. The zero-order chi connectivity index (χ0) is 10.7. The molecular weight excluding hydrogens is 255 g/mol. The molecule has 1 aliphatic rings. The molecule has 2 heteroatoms. The van der Waals surface area contributed by atoms with Crippen molar-refractivity contribution in [1.82, 2.24) is 0 Å². The molecular formula is C13H16BrF. The van der Waals surface area contributed by atoms with Crippen molar-refractivity contribution in [2.45, 2.75) is 25.7 Å². The summed E-state index contributed by atoms with van der Waals surface area (Å²) in [5, 5.41) is 1.06. The highest BCUT2D eigenvalue weighted by atomic mass is 79.9. The summed E-state index contributed by atoms with van der Waals surface area (Å²) in [6.45, 7) is 0. The van der Waals surface area contributed by atoms with Crippen LogP contribution in [0.25, 0.3) is 0 Å². The molecule has 0 amide bonds. The van der Waals surface area contributed by atoms with Crippen LogP contribution < -0.4 is 0 Å². The first-order chi connectivity index (χ1) is 7.29. The molecule has 1 aliphatic carbocycles. The summed E-state index contributed by atoms with van der Waals surface area (Å²) in [7, 11) is 0. The van der Waals surface area contributed by atoms with Crippen LogP contribution in [-0.2, 0) is 6.42 Å². The lowest BCUT2D eigenvalue weighted by Gasteiger charge is -2.32. The molecule has 0 spiro atoms. The lowest BCUT2D eigenvalue weighted by Crippen LogP contribution is -2.24. The second kappa shape index (κ2) is 5.11. The average molecular weight is 271 g/mol. The first-order valence-corrected chi connectivity index (χ1v) is 6.72. The Kier molecular flexibility index (Phi) is 3.79. The van der Waals surface area contributed by atoms with Crippen LogP contribution in [-0.4, -0.2) is 5.33 Å². The largest absolute Gasteiger partial charge is 0.207 e. The fourth-order valence-corrected chi connectivity index (χ4v) is 2.94. The molecule has 1 aromatic rings. The molecule has 0 N–H and O–H groups in total. The van der Waals surface area contributed by atoms with Gasteiger partial charge in [0.25, 0.3) is 0 Å². The highest BCUT2D eigenvalue weighted by Crippen LogP contribution is 2.36.